The van der Waals surface area contributed by atoms with Crippen LogP contribution < -0.4 is 0 Å². The molecule has 2 nitrogen and oxygen atoms in total. The van der Waals surface area contributed by atoms with Crippen LogP contribution in [0.2, 0.25) is 0 Å². The number of rotatable bonds is 14. The molecule has 19 heavy (non-hydrogen) atoms. The zero-order valence-corrected chi connectivity index (χ0v) is 16.1. The molecule has 0 aliphatic rings. The number of carbonyl (C=O) groups is 1. The molecule has 0 aliphatic carbocycles. The molecule has 0 heterocycles. The summed E-state index contributed by atoms with van der Waals surface area (Å²) in [4.78, 5) is 10.3. The van der Waals surface area contributed by atoms with E-state index in [0.29, 0.717) is 6.42 Å². The van der Waals surface area contributed by atoms with Crippen LogP contribution in [0.25, 0.3) is 0 Å². The van der Waals surface area contributed by atoms with Gasteiger partial charge in [-0.1, -0.05) is 84.0 Å². The molecule has 0 saturated carbocycles. The van der Waals surface area contributed by atoms with Gasteiger partial charge in [-0.25, -0.2) is 0 Å². The molecule has 1 N–H and O–H groups in total. The smallest absolute Gasteiger partial charge is 0.303 e. The molecule has 0 atom stereocenters. The fraction of sp³-hybridized carbons (Fsp3) is 0.938. The summed E-state index contributed by atoms with van der Waals surface area (Å²) in [6.07, 6.45) is 17.3. The van der Waals surface area contributed by atoms with Crippen LogP contribution in [0.3, 0.4) is 0 Å². The first-order valence-corrected chi connectivity index (χ1v) is 7.99. The molecule has 3 heteroatoms. The standard InChI is InChI=1S/C16H32O2.In/c1-2-3-4-5-6-7-8-9-10-11-12-13-14-15-16(17)18;/h2-15H2,1H3,(H,17,18);. The van der Waals surface area contributed by atoms with Crippen molar-refractivity contribution < 1.29 is 9.90 Å². The molecule has 111 valence electrons. The van der Waals surface area contributed by atoms with E-state index in [-0.39, 0.29) is 25.8 Å². The molecule has 3 radical (unpaired) electrons. The van der Waals surface area contributed by atoms with Gasteiger partial charge in [0, 0.05) is 32.3 Å². The predicted octanol–water partition coefficient (Wildman–Crippen LogP) is 5.17. The van der Waals surface area contributed by atoms with Crippen LogP contribution in [0, 0.1) is 0 Å². The molecule has 0 rings (SSSR count). The molecule has 0 saturated heterocycles. The normalized spacial score (nSPS) is 10.2. The monoisotopic (exact) mass is 371 g/mol. The Kier molecular flexibility index (Phi) is 20.9. The quantitative estimate of drug-likeness (QED) is 0.428. The third-order valence-corrected chi connectivity index (χ3v) is 3.49. The van der Waals surface area contributed by atoms with Gasteiger partial charge >= 0.3 is 5.97 Å². The van der Waals surface area contributed by atoms with E-state index < -0.39 is 5.97 Å². The Bertz CT molecular complexity index is 184. The Morgan fingerprint density at radius 2 is 1.00 bits per heavy atom. The summed E-state index contributed by atoms with van der Waals surface area (Å²) in [5, 5.41) is 8.49. The van der Waals surface area contributed by atoms with Crippen LogP contribution in [-0.2, 0) is 4.79 Å². The Hall–Kier alpha value is 0.340. The van der Waals surface area contributed by atoms with E-state index >= 15 is 0 Å². The largest absolute Gasteiger partial charge is 0.481 e. The van der Waals surface area contributed by atoms with Crippen LogP contribution in [-0.4, -0.2) is 36.9 Å². The summed E-state index contributed by atoms with van der Waals surface area (Å²) in [6, 6.07) is 0. The molecule has 0 aromatic heterocycles. The van der Waals surface area contributed by atoms with Crippen molar-refractivity contribution in [3.8, 4) is 0 Å². The molecule has 0 bridgehead atoms. The molecule has 0 fully saturated rings. The second-order valence-corrected chi connectivity index (χ2v) is 5.39. The van der Waals surface area contributed by atoms with E-state index in [1.54, 1.807) is 0 Å². The molecular formula is C16H32InO2. The number of carboxylic acid groups (broad SMARTS) is 1. The van der Waals surface area contributed by atoms with Crippen LogP contribution in [0.15, 0.2) is 0 Å². The third-order valence-electron chi connectivity index (χ3n) is 3.49. The molecule has 0 spiro atoms. The van der Waals surface area contributed by atoms with E-state index in [1.165, 1.54) is 70.6 Å². The van der Waals surface area contributed by atoms with Crippen molar-refractivity contribution >= 4 is 31.8 Å². The summed E-state index contributed by atoms with van der Waals surface area (Å²) in [5.74, 6) is -0.655. The van der Waals surface area contributed by atoms with Crippen LogP contribution in [0.1, 0.15) is 96.8 Å². The first-order chi connectivity index (χ1) is 8.77. The van der Waals surface area contributed by atoms with Gasteiger partial charge in [-0.3, -0.25) is 4.79 Å². The van der Waals surface area contributed by atoms with Crippen molar-refractivity contribution in [3.05, 3.63) is 0 Å². The van der Waals surface area contributed by atoms with E-state index in [0.717, 1.165) is 12.8 Å². The summed E-state index contributed by atoms with van der Waals surface area (Å²) >= 11 is 0. The van der Waals surface area contributed by atoms with E-state index in [2.05, 4.69) is 6.92 Å². The van der Waals surface area contributed by atoms with Crippen molar-refractivity contribution in [2.45, 2.75) is 96.8 Å². The topological polar surface area (TPSA) is 37.3 Å². The minimum Gasteiger partial charge on any atom is -0.481 e. The van der Waals surface area contributed by atoms with Gasteiger partial charge in [-0.15, -0.1) is 0 Å². The van der Waals surface area contributed by atoms with Gasteiger partial charge in [0.2, 0.25) is 0 Å². The minimum absolute atomic E-state index is 0. The SMILES string of the molecule is CCCCCCCCCCCCCCCC(=O)O.[In]. The number of hydrogen-bond acceptors (Lipinski definition) is 1. The van der Waals surface area contributed by atoms with Gasteiger partial charge in [-0.2, -0.15) is 0 Å². The third kappa shape index (κ3) is 20.8. The van der Waals surface area contributed by atoms with E-state index in [1.807, 2.05) is 0 Å². The molecule has 0 amide bonds. The molecular weight excluding hydrogens is 339 g/mol. The van der Waals surface area contributed by atoms with Gasteiger partial charge in [0.25, 0.3) is 0 Å². The number of hydrogen-bond donors (Lipinski definition) is 1. The predicted molar refractivity (Wildman–Crippen MR) is 83.7 cm³/mol. The van der Waals surface area contributed by atoms with Crippen LogP contribution >= 0.6 is 0 Å². The fourth-order valence-corrected chi connectivity index (χ4v) is 2.29. The van der Waals surface area contributed by atoms with Crippen molar-refractivity contribution in [1.82, 2.24) is 0 Å². The van der Waals surface area contributed by atoms with Gasteiger partial charge < -0.3 is 5.11 Å². The average molecular weight is 371 g/mol. The maximum absolute atomic E-state index is 10.3. The summed E-state index contributed by atoms with van der Waals surface area (Å²) < 4.78 is 0. The van der Waals surface area contributed by atoms with Crippen molar-refractivity contribution in [2.24, 2.45) is 0 Å². The maximum Gasteiger partial charge on any atom is 0.303 e. The van der Waals surface area contributed by atoms with Gasteiger partial charge in [0.1, 0.15) is 0 Å². The molecule has 0 unspecified atom stereocenters. The first kappa shape index (κ1) is 21.6. The van der Waals surface area contributed by atoms with Crippen LogP contribution in [0.4, 0.5) is 0 Å². The Morgan fingerprint density at radius 1 is 0.684 bits per heavy atom. The van der Waals surface area contributed by atoms with Crippen LogP contribution in [0.5, 0.6) is 0 Å². The molecule has 0 aromatic rings. The second-order valence-electron chi connectivity index (χ2n) is 5.39. The van der Waals surface area contributed by atoms with E-state index in [4.69, 9.17) is 5.11 Å². The van der Waals surface area contributed by atoms with Crippen molar-refractivity contribution in [2.75, 3.05) is 0 Å². The maximum atomic E-state index is 10.3. The van der Waals surface area contributed by atoms with Gasteiger partial charge in [-0.05, 0) is 6.42 Å². The Morgan fingerprint density at radius 3 is 1.32 bits per heavy atom. The van der Waals surface area contributed by atoms with Crippen molar-refractivity contribution in [1.29, 1.82) is 0 Å². The van der Waals surface area contributed by atoms with Crippen molar-refractivity contribution in [3.63, 3.8) is 0 Å². The number of unbranched alkanes of at least 4 members (excludes halogenated alkanes) is 12. The zero-order valence-electron chi connectivity index (χ0n) is 12.8. The Labute approximate surface area is 138 Å². The summed E-state index contributed by atoms with van der Waals surface area (Å²) in [6.45, 7) is 2.26. The summed E-state index contributed by atoms with van der Waals surface area (Å²) in [7, 11) is 0. The first-order valence-electron chi connectivity index (χ1n) is 7.99. The zero-order chi connectivity index (χ0) is 13.5. The van der Waals surface area contributed by atoms with Gasteiger partial charge in [0.15, 0.2) is 0 Å². The fourth-order valence-electron chi connectivity index (χ4n) is 2.29. The average Bonchev–Trinajstić information content (AvgIpc) is 2.34. The molecule has 0 aromatic carbocycles. The molecule has 0 aliphatic heterocycles. The Balaban J connectivity index is 0. The summed E-state index contributed by atoms with van der Waals surface area (Å²) in [5.41, 5.74) is 0. The van der Waals surface area contributed by atoms with E-state index in [9.17, 15) is 4.79 Å². The second kappa shape index (κ2) is 18.3. The number of aliphatic carboxylic acids is 1. The van der Waals surface area contributed by atoms with Gasteiger partial charge in [0.05, 0.1) is 0 Å². The minimum atomic E-state index is -0.655. The number of carboxylic acids is 1.